The van der Waals surface area contributed by atoms with E-state index in [4.69, 9.17) is 14.7 Å². The molecule has 3 aromatic heterocycles. The highest BCUT2D eigenvalue weighted by molar-refractivity contribution is 5.98. The van der Waals surface area contributed by atoms with Crippen LogP contribution in [0, 0.1) is 13.8 Å². The van der Waals surface area contributed by atoms with Crippen LogP contribution in [0.4, 0.5) is 0 Å². The lowest BCUT2D eigenvalue weighted by Crippen LogP contribution is -2.16. The van der Waals surface area contributed by atoms with E-state index in [1.807, 2.05) is 18.5 Å². The van der Waals surface area contributed by atoms with Gasteiger partial charge >= 0.3 is 0 Å². The lowest BCUT2D eigenvalue weighted by Gasteiger charge is -2.13. The molecule has 0 saturated carbocycles. The van der Waals surface area contributed by atoms with Crippen LogP contribution in [0.3, 0.4) is 0 Å². The summed E-state index contributed by atoms with van der Waals surface area (Å²) in [4.78, 5) is 9.65. The van der Waals surface area contributed by atoms with E-state index in [1.165, 1.54) is 11.3 Å². The number of aromatic nitrogens is 4. The molecule has 0 amide bonds. The van der Waals surface area contributed by atoms with Gasteiger partial charge in [-0.05, 0) is 44.4 Å². The fourth-order valence-electron chi connectivity index (χ4n) is 3.91. The quantitative estimate of drug-likeness (QED) is 0.566. The molecule has 24 heavy (non-hydrogen) atoms. The Bertz CT molecular complexity index is 1070. The van der Waals surface area contributed by atoms with Crippen LogP contribution in [0.1, 0.15) is 24.1 Å². The second kappa shape index (κ2) is 5.05. The number of imidazole rings is 1. The molecule has 0 radical (unpaired) electrons. The summed E-state index contributed by atoms with van der Waals surface area (Å²) in [6.07, 6.45) is 4.49. The average Bonchev–Trinajstić information content (AvgIpc) is 3.29. The molecule has 1 aromatic carbocycles. The number of para-hydroxylation sites is 2. The molecular weight excluding hydrogens is 300 g/mol. The van der Waals surface area contributed by atoms with E-state index >= 15 is 0 Å². The molecule has 1 aliphatic heterocycles. The van der Waals surface area contributed by atoms with Crippen LogP contribution in [0.15, 0.2) is 30.6 Å². The first-order valence-electron chi connectivity index (χ1n) is 8.57. The van der Waals surface area contributed by atoms with E-state index in [0.29, 0.717) is 6.10 Å². The van der Waals surface area contributed by atoms with Gasteiger partial charge in [-0.3, -0.25) is 4.40 Å². The van der Waals surface area contributed by atoms with Gasteiger partial charge < -0.3 is 9.30 Å². The maximum atomic E-state index is 5.84. The smallest absolute Gasteiger partial charge is 0.150 e. The Morgan fingerprint density at radius 3 is 2.92 bits per heavy atom. The molecule has 0 spiro atoms. The summed E-state index contributed by atoms with van der Waals surface area (Å²) in [5.74, 6) is 0. The van der Waals surface area contributed by atoms with E-state index in [-0.39, 0.29) is 0 Å². The van der Waals surface area contributed by atoms with Crippen molar-refractivity contribution in [3.8, 4) is 0 Å². The van der Waals surface area contributed by atoms with Gasteiger partial charge in [0.2, 0.25) is 0 Å². The van der Waals surface area contributed by atoms with Crippen molar-refractivity contribution < 1.29 is 4.74 Å². The average molecular weight is 320 g/mol. The SMILES string of the molecule is Cc1c(C)n(C[C@@H]2CCCO2)c2ncn3c4ccccc4nc3c12. The second-order valence-electron chi connectivity index (χ2n) is 6.69. The van der Waals surface area contributed by atoms with E-state index in [9.17, 15) is 0 Å². The Kier molecular flexibility index (Phi) is 2.94. The zero-order chi connectivity index (χ0) is 16.3. The van der Waals surface area contributed by atoms with Crippen LogP contribution in [-0.4, -0.2) is 31.6 Å². The number of fused-ring (bicyclic) bond motifs is 5. The van der Waals surface area contributed by atoms with Crippen LogP contribution >= 0.6 is 0 Å². The fraction of sp³-hybridized carbons (Fsp3) is 0.368. The minimum absolute atomic E-state index is 0.301. The van der Waals surface area contributed by atoms with E-state index < -0.39 is 0 Å². The molecule has 5 rings (SSSR count). The van der Waals surface area contributed by atoms with Gasteiger partial charge in [-0.1, -0.05) is 12.1 Å². The summed E-state index contributed by atoms with van der Waals surface area (Å²) in [5, 5.41) is 1.16. The third-order valence-corrected chi connectivity index (χ3v) is 5.33. The van der Waals surface area contributed by atoms with Crippen molar-refractivity contribution in [3.05, 3.63) is 41.9 Å². The van der Waals surface area contributed by atoms with E-state index in [0.717, 1.165) is 53.7 Å². The van der Waals surface area contributed by atoms with Crippen LogP contribution < -0.4 is 0 Å². The van der Waals surface area contributed by atoms with Crippen molar-refractivity contribution >= 4 is 27.7 Å². The van der Waals surface area contributed by atoms with Crippen molar-refractivity contribution in [2.75, 3.05) is 6.61 Å². The largest absolute Gasteiger partial charge is 0.376 e. The standard InChI is InChI=1S/C19H20N4O/c1-12-13(2)22(10-14-6-5-9-24-14)18-17(12)19-21-15-7-3-4-8-16(15)23(19)11-20-18/h3-4,7-8,11,14H,5-6,9-10H2,1-2H3/t14-/m0/s1. The summed E-state index contributed by atoms with van der Waals surface area (Å²) in [6.45, 7) is 6.10. The van der Waals surface area contributed by atoms with Crippen molar-refractivity contribution in [1.29, 1.82) is 0 Å². The van der Waals surface area contributed by atoms with Crippen LogP contribution in [0.2, 0.25) is 0 Å². The summed E-state index contributed by atoms with van der Waals surface area (Å²) in [6, 6.07) is 8.22. The molecule has 0 N–H and O–H groups in total. The predicted octanol–water partition coefficient (Wildman–Crippen LogP) is 3.63. The molecule has 122 valence electrons. The molecule has 0 bridgehead atoms. The maximum Gasteiger partial charge on any atom is 0.150 e. The number of aryl methyl sites for hydroxylation is 1. The Balaban J connectivity index is 1.80. The summed E-state index contributed by atoms with van der Waals surface area (Å²) in [7, 11) is 0. The minimum Gasteiger partial charge on any atom is -0.376 e. The molecule has 5 nitrogen and oxygen atoms in total. The number of hydrogen-bond donors (Lipinski definition) is 0. The highest BCUT2D eigenvalue weighted by atomic mass is 16.5. The Morgan fingerprint density at radius 1 is 1.21 bits per heavy atom. The molecule has 4 heterocycles. The maximum absolute atomic E-state index is 5.84. The highest BCUT2D eigenvalue weighted by Gasteiger charge is 2.22. The first-order valence-corrected chi connectivity index (χ1v) is 8.57. The topological polar surface area (TPSA) is 44.4 Å². The number of benzene rings is 1. The molecule has 5 heteroatoms. The molecule has 4 aromatic rings. The number of nitrogens with zero attached hydrogens (tertiary/aromatic N) is 4. The summed E-state index contributed by atoms with van der Waals surface area (Å²) in [5.41, 5.74) is 6.64. The third-order valence-electron chi connectivity index (χ3n) is 5.33. The number of ether oxygens (including phenoxy) is 1. The second-order valence-corrected chi connectivity index (χ2v) is 6.69. The molecule has 1 fully saturated rings. The normalized spacial score (nSPS) is 18.3. The van der Waals surface area contributed by atoms with Crippen LogP contribution in [-0.2, 0) is 11.3 Å². The zero-order valence-corrected chi connectivity index (χ0v) is 14.0. The van der Waals surface area contributed by atoms with E-state index in [2.05, 4.69) is 34.9 Å². The van der Waals surface area contributed by atoms with Crippen LogP contribution in [0.25, 0.3) is 27.7 Å². The van der Waals surface area contributed by atoms with Gasteiger partial charge in [-0.25, -0.2) is 9.97 Å². The first kappa shape index (κ1) is 14.0. The molecule has 0 unspecified atom stereocenters. The lowest BCUT2D eigenvalue weighted by atomic mass is 10.2. The molecular formula is C19H20N4O. The van der Waals surface area contributed by atoms with Gasteiger partial charge in [0, 0.05) is 12.3 Å². The van der Waals surface area contributed by atoms with E-state index in [1.54, 1.807) is 0 Å². The Hall–Kier alpha value is -2.40. The van der Waals surface area contributed by atoms with Gasteiger partial charge in [-0.15, -0.1) is 0 Å². The van der Waals surface area contributed by atoms with Gasteiger partial charge in [-0.2, -0.15) is 0 Å². The van der Waals surface area contributed by atoms with Crippen molar-refractivity contribution in [2.45, 2.75) is 39.3 Å². The predicted molar refractivity (Wildman–Crippen MR) is 94.4 cm³/mol. The molecule has 1 atom stereocenters. The molecule has 1 aliphatic rings. The van der Waals surface area contributed by atoms with Gasteiger partial charge in [0.05, 0.1) is 29.1 Å². The minimum atomic E-state index is 0.301. The van der Waals surface area contributed by atoms with Gasteiger partial charge in [0.15, 0.2) is 5.65 Å². The van der Waals surface area contributed by atoms with Gasteiger partial charge in [0.25, 0.3) is 0 Å². The van der Waals surface area contributed by atoms with Crippen LogP contribution in [0.5, 0.6) is 0 Å². The molecule has 0 aliphatic carbocycles. The summed E-state index contributed by atoms with van der Waals surface area (Å²) < 4.78 is 10.2. The molecule has 1 saturated heterocycles. The fourth-order valence-corrected chi connectivity index (χ4v) is 3.91. The van der Waals surface area contributed by atoms with Crippen molar-refractivity contribution in [3.63, 3.8) is 0 Å². The number of rotatable bonds is 2. The first-order chi connectivity index (χ1) is 11.7. The lowest BCUT2D eigenvalue weighted by molar-refractivity contribution is 0.0974. The third kappa shape index (κ3) is 1.85. The number of hydrogen-bond acceptors (Lipinski definition) is 3. The zero-order valence-electron chi connectivity index (χ0n) is 14.0. The van der Waals surface area contributed by atoms with Crippen molar-refractivity contribution in [1.82, 2.24) is 18.9 Å². The highest BCUT2D eigenvalue weighted by Crippen LogP contribution is 2.30. The Labute approximate surface area is 139 Å². The summed E-state index contributed by atoms with van der Waals surface area (Å²) >= 11 is 0. The monoisotopic (exact) mass is 320 g/mol. The Morgan fingerprint density at radius 2 is 2.08 bits per heavy atom. The van der Waals surface area contributed by atoms with Crippen molar-refractivity contribution in [2.24, 2.45) is 0 Å². The van der Waals surface area contributed by atoms with Gasteiger partial charge in [0.1, 0.15) is 12.0 Å².